The first-order valence-electron chi connectivity index (χ1n) is 8.00. The largest absolute Gasteiger partial charge is 0.493 e. The van der Waals surface area contributed by atoms with Crippen molar-refractivity contribution in [3.63, 3.8) is 0 Å². The molecular weight excluding hydrogens is 372 g/mol. The van der Waals surface area contributed by atoms with E-state index in [4.69, 9.17) is 25.8 Å². The molecule has 0 aliphatic heterocycles. The number of nitrogens with one attached hydrogen (secondary N) is 1. The number of methoxy groups -OCH3 is 3. The van der Waals surface area contributed by atoms with Crippen molar-refractivity contribution in [3.05, 3.63) is 47.0 Å². The molecule has 0 saturated carbocycles. The van der Waals surface area contributed by atoms with E-state index >= 15 is 0 Å². The van der Waals surface area contributed by atoms with Crippen molar-refractivity contribution in [2.75, 3.05) is 40.2 Å². The number of anilines is 1. The van der Waals surface area contributed by atoms with Gasteiger partial charge in [0.15, 0.2) is 11.5 Å². The highest BCUT2D eigenvalue weighted by Gasteiger charge is 2.20. The molecule has 0 heterocycles. The quantitative estimate of drug-likeness (QED) is 0.783. The normalized spacial score (nSPS) is 10.1. The molecular formula is C19H21ClN2O5. The topological polar surface area (TPSA) is 77.1 Å². The number of nitrogens with zero attached hydrogens (tertiary/aromatic N) is 1. The van der Waals surface area contributed by atoms with E-state index in [9.17, 15) is 9.59 Å². The summed E-state index contributed by atoms with van der Waals surface area (Å²) in [6, 6.07) is 9.78. The van der Waals surface area contributed by atoms with E-state index in [0.717, 1.165) is 0 Å². The molecule has 0 unspecified atom stereocenters. The molecule has 0 spiro atoms. The fraction of sp³-hybridized carbons (Fsp3) is 0.263. The second-order valence-electron chi connectivity index (χ2n) is 5.63. The van der Waals surface area contributed by atoms with Gasteiger partial charge in [0.2, 0.25) is 11.7 Å². The van der Waals surface area contributed by atoms with Gasteiger partial charge in [-0.2, -0.15) is 0 Å². The lowest BCUT2D eigenvalue weighted by molar-refractivity contribution is -0.116. The first kappa shape index (κ1) is 20.4. The van der Waals surface area contributed by atoms with Crippen LogP contribution < -0.4 is 19.5 Å². The predicted molar refractivity (Wildman–Crippen MR) is 103 cm³/mol. The van der Waals surface area contributed by atoms with Crippen molar-refractivity contribution in [1.29, 1.82) is 0 Å². The maximum Gasteiger partial charge on any atom is 0.254 e. The Labute approximate surface area is 162 Å². The van der Waals surface area contributed by atoms with Crippen LogP contribution in [0.15, 0.2) is 36.4 Å². The number of amides is 2. The fourth-order valence-corrected chi connectivity index (χ4v) is 2.57. The molecule has 0 radical (unpaired) electrons. The molecule has 2 amide bonds. The van der Waals surface area contributed by atoms with E-state index in [1.165, 1.54) is 45.4 Å². The zero-order chi connectivity index (χ0) is 20.0. The lowest BCUT2D eigenvalue weighted by Gasteiger charge is -2.19. The van der Waals surface area contributed by atoms with Crippen molar-refractivity contribution < 1.29 is 23.8 Å². The van der Waals surface area contributed by atoms with Gasteiger partial charge in [-0.05, 0) is 36.4 Å². The Morgan fingerprint density at radius 2 is 1.56 bits per heavy atom. The van der Waals surface area contributed by atoms with Crippen LogP contribution in [0.5, 0.6) is 17.2 Å². The summed E-state index contributed by atoms with van der Waals surface area (Å²) in [5.74, 6) is 0.416. The van der Waals surface area contributed by atoms with Gasteiger partial charge in [0.25, 0.3) is 5.91 Å². The van der Waals surface area contributed by atoms with Crippen molar-refractivity contribution in [1.82, 2.24) is 4.90 Å². The number of benzene rings is 2. The predicted octanol–water partition coefficient (Wildman–Crippen LogP) is 3.08. The van der Waals surface area contributed by atoms with Gasteiger partial charge < -0.3 is 24.4 Å². The third-order valence-electron chi connectivity index (χ3n) is 3.77. The Kier molecular flexibility index (Phi) is 6.90. The van der Waals surface area contributed by atoms with E-state index in [-0.39, 0.29) is 18.4 Å². The van der Waals surface area contributed by atoms with Crippen LogP contribution in [-0.2, 0) is 4.79 Å². The minimum absolute atomic E-state index is 0.127. The smallest absolute Gasteiger partial charge is 0.254 e. The van der Waals surface area contributed by atoms with Crippen LogP contribution in [0.1, 0.15) is 10.4 Å². The highest BCUT2D eigenvalue weighted by molar-refractivity contribution is 6.30. The number of carbonyl (C=O) groups is 2. The molecule has 2 rings (SSSR count). The van der Waals surface area contributed by atoms with E-state index in [0.29, 0.717) is 33.5 Å². The maximum absolute atomic E-state index is 12.7. The summed E-state index contributed by atoms with van der Waals surface area (Å²) in [5.41, 5.74) is 0.907. The van der Waals surface area contributed by atoms with Crippen LogP contribution in [0.2, 0.25) is 5.02 Å². The van der Waals surface area contributed by atoms with Crippen LogP contribution in [0, 0.1) is 0 Å². The Hall–Kier alpha value is -2.93. The number of hydrogen-bond donors (Lipinski definition) is 1. The molecule has 0 fully saturated rings. The summed E-state index contributed by atoms with van der Waals surface area (Å²) in [5, 5.41) is 3.28. The van der Waals surface area contributed by atoms with Crippen LogP contribution in [0.25, 0.3) is 0 Å². The lowest BCUT2D eigenvalue weighted by atomic mass is 10.1. The Morgan fingerprint density at radius 3 is 2.04 bits per heavy atom. The molecule has 0 aromatic heterocycles. The van der Waals surface area contributed by atoms with Gasteiger partial charge in [-0.1, -0.05) is 11.6 Å². The number of hydrogen-bond acceptors (Lipinski definition) is 5. The number of halogens is 1. The van der Waals surface area contributed by atoms with Gasteiger partial charge in [0.05, 0.1) is 27.9 Å². The van der Waals surface area contributed by atoms with Gasteiger partial charge in [-0.15, -0.1) is 0 Å². The molecule has 0 bridgehead atoms. The lowest BCUT2D eigenvalue weighted by Crippen LogP contribution is -2.35. The number of ether oxygens (including phenoxy) is 3. The highest BCUT2D eigenvalue weighted by Crippen LogP contribution is 2.38. The minimum atomic E-state index is -0.361. The monoisotopic (exact) mass is 392 g/mol. The summed E-state index contributed by atoms with van der Waals surface area (Å²) in [4.78, 5) is 26.2. The SMILES string of the molecule is COc1cc(C(=O)N(C)CC(=O)Nc2ccc(Cl)cc2)cc(OC)c1OC. The summed E-state index contributed by atoms with van der Waals surface area (Å²) in [6.07, 6.45) is 0. The summed E-state index contributed by atoms with van der Waals surface area (Å²) < 4.78 is 15.8. The molecule has 27 heavy (non-hydrogen) atoms. The zero-order valence-corrected chi connectivity index (χ0v) is 16.3. The molecule has 7 nitrogen and oxygen atoms in total. The molecule has 0 aliphatic rings. The molecule has 2 aromatic carbocycles. The number of carbonyl (C=O) groups excluding carboxylic acids is 2. The third-order valence-corrected chi connectivity index (χ3v) is 4.02. The van der Waals surface area contributed by atoms with Crippen LogP contribution in [0.3, 0.4) is 0 Å². The maximum atomic E-state index is 12.7. The van der Waals surface area contributed by atoms with Gasteiger partial charge in [0, 0.05) is 23.3 Å². The molecule has 144 valence electrons. The molecule has 8 heteroatoms. The Balaban J connectivity index is 2.12. The Bertz CT molecular complexity index is 798. The summed E-state index contributed by atoms with van der Waals surface area (Å²) >= 11 is 5.82. The second kappa shape index (κ2) is 9.14. The van der Waals surface area contributed by atoms with Crippen LogP contribution in [-0.4, -0.2) is 51.6 Å². The number of rotatable bonds is 7. The van der Waals surface area contributed by atoms with Crippen molar-refractivity contribution in [2.45, 2.75) is 0 Å². The van der Waals surface area contributed by atoms with Crippen LogP contribution in [0.4, 0.5) is 5.69 Å². The molecule has 2 aromatic rings. The van der Waals surface area contributed by atoms with Crippen molar-refractivity contribution in [3.8, 4) is 17.2 Å². The number of likely N-dealkylation sites (N-methyl/N-ethyl adjacent to an activating group) is 1. The second-order valence-corrected chi connectivity index (χ2v) is 6.07. The van der Waals surface area contributed by atoms with Crippen LogP contribution >= 0.6 is 11.6 Å². The van der Waals surface area contributed by atoms with Gasteiger partial charge in [-0.3, -0.25) is 9.59 Å². The van der Waals surface area contributed by atoms with E-state index in [2.05, 4.69) is 5.32 Å². The average molecular weight is 393 g/mol. The zero-order valence-electron chi connectivity index (χ0n) is 15.5. The van der Waals surface area contributed by atoms with Crippen molar-refractivity contribution >= 4 is 29.1 Å². The summed E-state index contributed by atoms with van der Waals surface area (Å²) in [7, 11) is 5.95. The molecule has 0 atom stereocenters. The molecule has 1 N–H and O–H groups in total. The third kappa shape index (κ3) is 5.04. The standard InChI is InChI=1S/C19H21ClN2O5/c1-22(11-17(23)21-14-7-5-13(20)6-8-14)19(24)12-9-15(25-2)18(27-4)16(10-12)26-3/h5-10H,11H2,1-4H3,(H,21,23). The average Bonchev–Trinajstić information content (AvgIpc) is 2.67. The first-order chi connectivity index (χ1) is 12.9. The molecule has 0 saturated heterocycles. The minimum Gasteiger partial charge on any atom is -0.493 e. The highest BCUT2D eigenvalue weighted by atomic mass is 35.5. The van der Waals surface area contributed by atoms with E-state index in [1.807, 2.05) is 0 Å². The van der Waals surface area contributed by atoms with Gasteiger partial charge >= 0.3 is 0 Å². The summed E-state index contributed by atoms with van der Waals surface area (Å²) in [6.45, 7) is -0.127. The van der Waals surface area contributed by atoms with Crippen molar-refractivity contribution in [2.24, 2.45) is 0 Å². The van der Waals surface area contributed by atoms with Gasteiger partial charge in [-0.25, -0.2) is 0 Å². The first-order valence-corrected chi connectivity index (χ1v) is 8.38. The van der Waals surface area contributed by atoms with Gasteiger partial charge in [0.1, 0.15) is 0 Å². The molecule has 0 aliphatic carbocycles. The Morgan fingerprint density at radius 1 is 1.00 bits per heavy atom. The fourth-order valence-electron chi connectivity index (χ4n) is 2.45. The van der Waals surface area contributed by atoms with E-state index in [1.54, 1.807) is 24.3 Å². The van der Waals surface area contributed by atoms with E-state index < -0.39 is 0 Å².